The van der Waals surface area contributed by atoms with Crippen LogP contribution in [0.4, 0.5) is 11.8 Å². The van der Waals surface area contributed by atoms with Crippen molar-refractivity contribution in [3.8, 4) is 16.8 Å². The zero-order valence-electron chi connectivity index (χ0n) is 18.6. The maximum Gasteiger partial charge on any atom is 0.263 e. The Balaban J connectivity index is 1.75. The van der Waals surface area contributed by atoms with Crippen LogP contribution in [0.25, 0.3) is 27.6 Å². The van der Waals surface area contributed by atoms with Gasteiger partial charge in [0.15, 0.2) is 5.82 Å². The van der Waals surface area contributed by atoms with Crippen LogP contribution in [0.3, 0.4) is 0 Å². The van der Waals surface area contributed by atoms with Gasteiger partial charge in [-0.05, 0) is 36.1 Å². The van der Waals surface area contributed by atoms with Crippen molar-refractivity contribution in [1.82, 2.24) is 24.3 Å². The van der Waals surface area contributed by atoms with Gasteiger partial charge in [0.25, 0.3) is 5.56 Å². The number of para-hydroxylation sites is 1. The van der Waals surface area contributed by atoms with Gasteiger partial charge in [0, 0.05) is 30.2 Å². The predicted molar refractivity (Wildman–Crippen MR) is 135 cm³/mol. The molecule has 0 spiro atoms. The van der Waals surface area contributed by atoms with Gasteiger partial charge in [-0.2, -0.15) is 10.1 Å². The number of nitrogens with two attached hydrogens (primary N) is 1. The Labute approximate surface area is 200 Å². The molecule has 0 saturated carbocycles. The molecule has 3 heterocycles. The van der Waals surface area contributed by atoms with Crippen molar-refractivity contribution in [2.24, 2.45) is 7.05 Å². The fraction of sp³-hybridized carbons (Fsp3) is 0.120. The summed E-state index contributed by atoms with van der Waals surface area (Å²) in [5.74, 6) is 0.511. The molecule has 3 N–H and O–H groups in total. The highest BCUT2D eigenvalue weighted by atomic mass is 35.5. The molecule has 170 valence electrons. The van der Waals surface area contributed by atoms with E-state index < -0.39 is 0 Å². The van der Waals surface area contributed by atoms with E-state index in [0.717, 1.165) is 27.9 Å². The average Bonchev–Trinajstić information content (AvgIpc) is 3.27. The van der Waals surface area contributed by atoms with Crippen molar-refractivity contribution in [3.63, 3.8) is 0 Å². The van der Waals surface area contributed by atoms with Crippen LogP contribution >= 0.6 is 11.6 Å². The number of hydrogen-bond acceptors (Lipinski definition) is 6. The number of pyridine rings is 1. The van der Waals surface area contributed by atoms with Crippen LogP contribution in [0.1, 0.15) is 18.7 Å². The lowest BCUT2D eigenvalue weighted by Gasteiger charge is -2.22. The second-order valence-corrected chi connectivity index (χ2v) is 8.42. The Hall–Kier alpha value is -4.17. The monoisotopic (exact) mass is 471 g/mol. The third-order valence-corrected chi connectivity index (χ3v) is 5.94. The number of nitrogens with zero attached hydrogens (tertiary/aromatic N) is 5. The van der Waals surface area contributed by atoms with Gasteiger partial charge in [-0.25, -0.2) is 4.98 Å². The van der Waals surface area contributed by atoms with Gasteiger partial charge in [0.1, 0.15) is 5.02 Å². The number of nitrogens with one attached hydrogen (secondary N) is 1. The Bertz CT molecular complexity index is 1560. The molecule has 0 amide bonds. The van der Waals surface area contributed by atoms with E-state index >= 15 is 0 Å². The van der Waals surface area contributed by atoms with Crippen LogP contribution in [0.5, 0.6) is 0 Å². The summed E-state index contributed by atoms with van der Waals surface area (Å²) < 4.78 is 3.44. The minimum Gasteiger partial charge on any atom is -0.368 e. The number of benzene rings is 2. The molecule has 0 aliphatic carbocycles. The van der Waals surface area contributed by atoms with Gasteiger partial charge in [-0.3, -0.25) is 14.0 Å². The first kappa shape index (κ1) is 21.7. The highest BCUT2D eigenvalue weighted by Crippen LogP contribution is 2.30. The molecule has 5 rings (SSSR count). The minimum atomic E-state index is -0.328. The normalized spacial score (nSPS) is 12.1. The molecule has 8 nitrogen and oxygen atoms in total. The number of hydrogen-bond donors (Lipinski definition) is 2. The molecule has 9 heteroatoms. The topological polar surface area (TPSA) is 104 Å². The zero-order chi connectivity index (χ0) is 23.8. The van der Waals surface area contributed by atoms with E-state index in [1.54, 1.807) is 15.4 Å². The van der Waals surface area contributed by atoms with Crippen molar-refractivity contribution in [3.05, 3.63) is 94.3 Å². The van der Waals surface area contributed by atoms with Gasteiger partial charge in [-0.1, -0.05) is 48.0 Å². The molecule has 3 aromatic heterocycles. The summed E-state index contributed by atoms with van der Waals surface area (Å²) in [6, 6.07) is 17.1. The van der Waals surface area contributed by atoms with E-state index in [0.29, 0.717) is 16.2 Å². The average molecular weight is 472 g/mol. The van der Waals surface area contributed by atoms with Gasteiger partial charge in [0.05, 0.1) is 23.8 Å². The number of aromatic nitrogens is 5. The maximum absolute atomic E-state index is 14.1. The van der Waals surface area contributed by atoms with E-state index in [4.69, 9.17) is 17.3 Å². The van der Waals surface area contributed by atoms with Crippen molar-refractivity contribution < 1.29 is 0 Å². The molecule has 0 aliphatic heterocycles. The summed E-state index contributed by atoms with van der Waals surface area (Å²) >= 11 is 6.28. The molecule has 0 bridgehead atoms. The number of rotatable bonds is 5. The van der Waals surface area contributed by atoms with Gasteiger partial charge < -0.3 is 11.1 Å². The first-order valence-electron chi connectivity index (χ1n) is 10.7. The lowest BCUT2D eigenvalue weighted by atomic mass is 9.99. The number of anilines is 2. The van der Waals surface area contributed by atoms with Crippen molar-refractivity contribution in [1.29, 1.82) is 0 Å². The van der Waals surface area contributed by atoms with Crippen molar-refractivity contribution in [2.45, 2.75) is 13.0 Å². The Morgan fingerprint density at radius 1 is 1.09 bits per heavy atom. The fourth-order valence-corrected chi connectivity index (χ4v) is 4.25. The fourth-order valence-electron chi connectivity index (χ4n) is 4.11. The molecule has 1 unspecified atom stereocenters. The molecule has 0 radical (unpaired) electrons. The predicted octanol–water partition coefficient (Wildman–Crippen LogP) is 4.59. The quantitative estimate of drug-likeness (QED) is 0.388. The van der Waals surface area contributed by atoms with Crippen molar-refractivity contribution in [2.75, 3.05) is 11.1 Å². The number of fused-ring (bicyclic) bond motifs is 1. The van der Waals surface area contributed by atoms with E-state index in [1.165, 1.54) is 6.20 Å². The molecular formula is C25H22ClN7O. The maximum atomic E-state index is 14.1. The lowest BCUT2D eigenvalue weighted by molar-refractivity contribution is 0.768. The Morgan fingerprint density at radius 3 is 2.62 bits per heavy atom. The summed E-state index contributed by atoms with van der Waals surface area (Å²) in [7, 11) is 1.85. The van der Waals surface area contributed by atoms with E-state index in [2.05, 4.69) is 20.4 Å². The lowest BCUT2D eigenvalue weighted by Crippen LogP contribution is -2.26. The second kappa shape index (κ2) is 8.64. The summed E-state index contributed by atoms with van der Waals surface area (Å²) in [5, 5.41) is 9.36. The first-order valence-corrected chi connectivity index (χ1v) is 11.1. The van der Waals surface area contributed by atoms with Crippen molar-refractivity contribution >= 4 is 34.1 Å². The van der Waals surface area contributed by atoms with E-state index in [9.17, 15) is 4.79 Å². The van der Waals surface area contributed by atoms with Crippen LogP contribution < -0.4 is 16.6 Å². The third-order valence-electron chi connectivity index (χ3n) is 5.67. The molecule has 34 heavy (non-hydrogen) atoms. The van der Waals surface area contributed by atoms with Gasteiger partial charge in [0.2, 0.25) is 5.95 Å². The molecule has 2 aromatic carbocycles. The molecule has 5 aromatic rings. The summed E-state index contributed by atoms with van der Waals surface area (Å²) in [5.41, 5.74) is 8.85. The van der Waals surface area contributed by atoms with Crippen LogP contribution in [0.2, 0.25) is 5.02 Å². The Morgan fingerprint density at radius 2 is 1.88 bits per heavy atom. The number of halogens is 1. The van der Waals surface area contributed by atoms with E-state index in [-0.39, 0.29) is 17.5 Å². The molecular weight excluding hydrogens is 450 g/mol. The van der Waals surface area contributed by atoms with Gasteiger partial charge in [-0.15, -0.1) is 0 Å². The standard InChI is InChI=1S/C25H22ClN7O/c1-15(30-23-20(26)13-28-25(27)31-23)21-11-16-7-6-10-19(17-12-29-32(2)14-17)22(16)24(34)33(21)18-8-4-3-5-9-18/h3-15H,1-2H3,(H3,27,28,30,31). The second-order valence-electron chi connectivity index (χ2n) is 8.01. The SMILES string of the molecule is CC(Nc1nc(N)ncc1Cl)c1cc2cccc(-c3cnn(C)c3)c2c(=O)n1-c1ccccc1. The highest BCUT2D eigenvalue weighted by Gasteiger charge is 2.20. The van der Waals surface area contributed by atoms with Crippen LogP contribution in [0, 0.1) is 0 Å². The van der Waals surface area contributed by atoms with Crippen LogP contribution in [-0.4, -0.2) is 24.3 Å². The summed E-state index contributed by atoms with van der Waals surface area (Å²) in [4.78, 5) is 22.2. The van der Waals surface area contributed by atoms with Crippen LogP contribution in [0.15, 0.2) is 78.0 Å². The minimum absolute atomic E-state index is 0.110. The van der Waals surface area contributed by atoms with E-state index in [1.807, 2.05) is 74.8 Å². The molecule has 0 fully saturated rings. The molecule has 1 atom stereocenters. The summed E-state index contributed by atoms with van der Waals surface area (Å²) in [6.45, 7) is 1.94. The van der Waals surface area contributed by atoms with Crippen LogP contribution in [-0.2, 0) is 7.05 Å². The third kappa shape index (κ3) is 3.88. The smallest absolute Gasteiger partial charge is 0.263 e. The Kier molecular flexibility index (Phi) is 5.51. The summed E-state index contributed by atoms with van der Waals surface area (Å²) in [6.07, 6.45) is 5.12. The van der Waals surface area contributed by atoms with Gasteiger partial charge >= 0.3 is 0 Å². The molecule has 0 saturated heterocycles. The zero-order valence-corrected chi connectivity index (χ0v) is 19.4. The number of nitrogen functional groups attached to an aromatic ring is 1. The first-order chi connectivity index (χ1) is 16.4. The largest absolute Gasteiger partial charge is 0.368 e. The molecule has 0 aliphatic rings. The number of aryl methyl sites for hydroxylation is 1. The highest BCUT2D eigenvalue weighted by molar-refractivity contribution is 6.32.